The molecule has 1 aliphatic rings. The molecule has 1 aromatic rings. The molecular formula is C16H23F3N2. The first-order valence-corrected chi connectivity index (χ1v) is 7.61. The van der Waals surface area contributed by atoms with Gasteiger partial charge in [-0.15, -0.1) is 0 Å². The summed E-state index contributed by atoms with van der Waals surface area (Å²) in [7, 11) is 0. The Morgan fingerprint density at radius 1 is 1.10 bits per heavy atom. The van der Waals surface area contributed by atoms with Crippen molar-refractivity contribution in [3.63, 3.8) is 0 Å². The third kappa shape index (κ3) is 4.13. The van der Waals surface area contributed by atoms with E-state index in [1.807, 2.05) is 0 Å². The summed E-state index contributed by atoms with van der Waals surface area (Å²) in [6.45, 7) is 2.96. The summed E-state index contributed by atoms with van der Waals surface area (Å²) in [5, 5.41) is 0. The molecular weight excluding hydrogens is 277 g/mol. The fraction of sp³-hybridized carbons (Fsp3) is 0.625. The molecule has 1 fully saturated rings. The molecule has 0 radical (unpaired) electrons. The molecule has 0 heterocycles. The summed E-state index contributed by atoms with van der Waals surface area (Å²) < 4.78 is 37.9. The summed E-state index contributed by atoms with van der Waals surface area (Å²) in [6, 6.07) is 6.19. The number of nitrogens with two attached hydrogens (primary N) is 1. The molecule has 0 bridgehead atoms. The van der Waals surface area contributed by atoms with Crippen molar-refractivity contribution in [3.05, 3.63) is 29.8 Å². The van der Waals surface area contributed by atoms with Crippen LogP contribution in [0.4, 0.5) is 18.9 Å². The van der Waals surface area contributed by atoms with E-state index in [-0.39, 0.29) is 6.04 Å². The van der Waals surface area contributed by atoms with Crippen LogP contribution in [0.5, 0.6) is 0 Å². The van der Waals surface area contributed by atoms with Crippen LogP contribution in [-0.4, -0.2) is 18.6 Å². The SMILES string of the molecule is CCCN(c1ccc(C(F)(F)F)cc1)C1CCC(N)CC1. The van der Waals surface area contributed by atoms with E-state index in [2.05, 4.69) is 11.8 Å². The molecule has 0 amide bonds. The second-order valence-corrected chi connectivity index (χ2v) is 5.81. The van der Waals surface area contributed by atoms with E-state index >= 15 is 0 Å². The molecule has 0 unspecified atom stereocenters. The average Bonchev–Trinajstić information content (AvgIpc) is 2.45. The summed E-state index contributed by atoms with van der Waals surface area (Å²) >= 11 is 0. The third-order valence-electron chi connectivity index (χ3n) is 4.17. The van der Waals surface area contributed by atoms with E-state index in [9.17, 15) is 13.2 Å². The molecule has 0 saturated heterocycles. The highest BCUT2D eigenvalue weighted by Crippen LogP contribution is 2.32. The van der Waals surface area contributed by atoms with Gasteiger partial charge in [-0.25, -0.2) is 0 Å². The molecule has 1 saturated carbocycles. The van der Waals surface area contributed by atoms with Crippen molar-refractivity contribution < 1.29 is 13.2 Å². The first-order valence-electron chi connectivity index (χ1n) is 7.61. The highest BCUT2D eigenvalue weighted by atomic mass is 19.4. The third-order valence-corrected chi connectivity index (χ3v) is 4.17. The van der Waals surface area contributed by atoms with Crippen molar-refractivity contribution in [1.82, 2.24) is 0 Å². The van der Waals surface area contributed by atoms with Crippen LogP contribution >= 0.6 is 0 Å². The molecule has 2 N–H and O–H groups in total. The van der Waals surface area contributed by atoms with Gasteiger partial charge in [0.1, 0.15) is 0 Å². The van der Waals surface area contributed by atoms with Crippen LogP contribution in [0.3, 0.4) is 0 Å². The number of rotatable bonds is 4. The average molecular weight is 300 g/mol. The molecule has 1 aromatic carbocycles. The molecule has 5 heteroatoms. The Labute approximate surface area is 124 Å². The maximum atomic E-state index is 12.6. The fourth-order valence-corrected chi connectivity index (χ4v) is 3.02. The number of nitrogens with zero attached hydrogens (tertiary/aromatic N) is 1. The Bertz CT molecular complexity index is 434. The van der Waals surface area contributed by atoms with Gasteiger partial charge >= 0.3 is 6.18 Å². The van der Waals surface area contributed by atoms with Gasteiger partial charge in [0, 0.05) is 24.3 Å². The zero-order chi connectivity index (χ0) is 15.5. The molecule has 1 aliphatic carbocycles. The van der Waals surface area contributed by atoms with Crippen LogP contribution in [0, 0.1) is 0 Å². The largest absolute Gasteiger partial charge is 0.416 e. The number of halogens is 3. The predicted molar refractivity (Wildman–Crippen MR) is 79.3 cm³/mol. The molecule has 0 aliphatic heterocycles. The van der Waals surface area contributed by atoms with Gasteiger partial charge in [0.25, 0.3) is 0 Å². The van der Waals surface area contributed by atoms with Crippen molar-refractivity contribution in [3.8, 4) is 0 Å². The van der Waals surface area contributed by atoms with Crippen molar-refractivity contribution in [2.75, 3.05) is 11.4 Å². The lowest BCUT2D eigenvalue weighted by atomic mass is 9.90. The van der Waals surface area contributed by atoms with Gasteiger partial charge in [-0.1, -0.05) is 6.92 Å². The quantitative estimate of drug-likeness (QED) is 0.903. The van der Waals surface area contributed by atoms with Crippen LogP contribution in [0.1, 0.15) is 44.6 Å². The molecule has 118 valence electrons. The normalized spacial score (nSPS) is 23.1. The summed E-state index contributed by atoms with van der Waals surface area (Å²) in [5.41, 5.74) is 6.22. The van der Waals surface area contributed by atoms with Crippen molar-refractivity contribution in [2.45, 2.75) is 57.3 Å². The highest BCUT2D eigenvalue weighted by molar-refractivity contribution is 5.49. The number of hydrogen-bond donors (Lipinski definition) is 1. The van der Waals surface area contributed by atoms with E-state index < -0.39 is 11.7 Å². The number of benzene rings is 1. The van der Waals surface area contributed by atoms with E-state index in [4.69, 9.17) is 5.73 Å². The second kappa shape index (κ2) is 6.69. The van der Waals surface area contributed by atoms with E-state index in [1.165, 1.54) is 12.1 Å². The molecule has 0 aromatic heterocycles. The van der Waals surface area contributed by atoms with Crippen LogP contribution in [0.25, 0.3) is 0 Å². The van der Waals surface area contributed by atoms with E-state index in [0.29, 0.717) is 6.04 Å². The number of hydrogen-bond acceptors (Lipinski definition) is 2. The number of alkyl halides is 3. The Balaban J connectivity index is 2.14. The van der Waals surface area contributed by atoms with Crippen LogP contribution < -0.4 is 10.6 Å². The lowest BCUT2D eigenvalue weighted by molar-refractivity contribution is -0.137. The van der Waals surface area contributed by atoms with Gasteiger partial charge in [-0.2, -0.15) is 13.2 Å². The first kappa shape index (κ1) is 16.1. The summed E-state index contributed by atoms with van der Waals surface area (Å²) in [6.07, 6.45) is 0.719. The van der Waals surface area contributed by atoms with Crippen molar-refractivity contribution >= 4 is 5.69 Å². The maximum Gasteiger partial charge on any atom is 0.416 e. The van der Waals surface area contributed by atoms with Crippen LogP contribution in [-0.2, 0) is 6.18 Å². The van der Waals surface area contributed by atoms with Gasteiger partial charge < -0.3 is 10.6 Å². The minimum Gasteiger partial charge on any atom is -0.369 e. The zero-order valence-electron chi connectivity index (χ0n) is 12.4. The lowest BCUT2D eigenvalue weighted by Crippen LogP contribution is -2.41. The Kier molecular flexibility index (Phi) is 5.14. The first-order chi connectivity index (χ1) is 9.91. The van der Waals surface area contributed by atoms with Gasteiger partial charge in [0.15, 0.2) is 0 Å². The maximum absolute atomic E-state index is 12.6. The predicted octanol–water partition coefficient (Wildman–Crippen LogP) is 4.19. The highest BCUT2D eigenvalue weighted by Gasteiger charge is 2.30. The van der Waals surface area contributed by atoms with Crippen molar-refractivity contribution in [1.29, 1.82) is 0 Å². The second-order valence-electron chi connectivity index (χ2n) is 5.81. The number of anilines is 1. The molecule has 0 spiro atoms. The molecule has 2 nitrogen and oxygen atoms in total. The summed E-state index contributed by atoms with van der Waals surface area (Å²) in [5.74, 6) is 0. The minimum absolute atomic E-state index is 0.275. The van der Waals surface area contributed by atoms with E-state index in [1.54, 1.807) is 12.1 Å². The van der Waals surface area contributed by atoms with Crippen LogP contribution in [0.2, 0.25) is 0 Å². The van der Waals surface area contributed by atoms with Gasteiger partial charge in [0.2, 0.25) is 0 Å². The molecule has 21 heavy (non-hydrogen) atoms. The summed E-state index contributed by atoms with van der Waals surface area (Å²) in [4.78, 5) is 2.24. The van der Waals surface area contributed by atoms with Gasteiger partial charge in [-0.3, -0.25) is 0 Å². The Hall–Kier alpha value is -1.23. The Morgan fingerprint density at radius 3 is 2.14 bits per heavy atom. The Morgan fingerprint density at radius 2 is 1.67 bits per heavy atom. The van der Waals surface area contributed by atoms with E-state index in [0.717, 1.165) is 44.3 Å². The topological polar surface area (TPSA) is 29.3 Å². The fourth-order valence-electron chi connectivity index (χ4n) is 3.02. The molecule has 0 atom stereocenters. The van der Waals surface area contributed by atoms with Gasteiger partial charge in [0.05, 0.1) is 5.56 Å². The van der Waals surface area contributed by atoms with Gasteiger partial charge in [-0.05, 0) is 56.4 Å². The van der Waals surface area contributed by atoms with Crippen LogP contribution in [0.15, 0.2) is 24.3 Å². The van der Waals surface area contributed by atoms with Crippen molar-refractivity contribution in [2.24, 2.45) is 5.73 Å². The smallest absolute Gasteiger partial charge is 0.369 e. The zero-order valence-corrected chi connectivity index (χ0v) is 12.4. The lowest BCUT2D eigenvalue weighted by Gasteiger charge is -2.37. The molecule has 2 rings (SSSR count). The minimum atomic E-state index is -4.27. The monoisotopic (exact) mass is 300 g/mol. The standard InChI is InChI=1S/C16H23F3N2/c1-2-11-21(15-9-5-13(20)6-10-15)14-7-3-12(4-8-14)16(17,18)19/h3-4,7-8,13,15H,2,5-6,9-11,20H2,1H3.